The Hall–Kier alpha value is -4.90. The molecule has 0 atom stereocenters. The van der Waals surface area contributed by atoms with Gasteiger partial charge in [-0.2, -0.15) is 5.10 Å². The Bertz CT molecular complexity index is 1750. The van der Waals surface area contributed by atoms with Crippen LogP contribution in [0.25, 0.3) is 15.9 Å². The van der Waals surface area contributed by atoms with Gasteiger partial charge in [-0.1, -0.05) is 68.0 Å². The fourth-order valence-electron chi connectivity index (χ4n) is 4.26. The van der Waals surface area contributed by atoms with Crippen molar-refractivity contribution in [1.29, 1.82) is 0 Å². The molecule has 222 valence electrons. The van der Waals surface area contributed by atoms with E-state index in [4.69, 9.17) is 9.84 Å². The number of carbonyl (C=O) groups is 2. The summed E-state index contributed by atoms with van der Waals surface area (Å²) in [6, 6.07) is 22.3. The first-order valence-corrected chi connectivity index (χ1v) is 14.8. The normalized spacial score (nSPS) is 11.3. The molecule has 2 heterocycles. The number of nitrogens with zero attached hydrogens (tertiary/aromatic N) is 3. The molecule has 0 saturated carbocycles. The van der Waals surface area contributed by atoms with Crippen molar-refractivity contribution >= 4 is 44.6 Å². The van der Waals surface area contributed by atoms with Crippen molar-refractivity contribution in [2.75, 3.05) is 17.2 Å². The second-order valence-electron chi connectivity index (χ2n) is 11.1. The molecule has 43 heavy (non-hydrogen) atoms. The maximum absolute atomic E-state index is 13.1. The number of para-hydroxylation sites is 1. The second kappa shape index (κ2) is 12.5. The Morgan fingerprint density at radius 2 is 1.67 bits per heavy atom. The van der Waals surface area contributed by atoms with E-state index in [1.165, 1.54) is 11.3 Å². The number of aryl methyl sites for hydroxylation is 1. The molecule has 0 aliphatic carbocycles. The van der Waals surface area contributed by atoms with Crippen molar-refractivity contribution in [3.8, 4) is 17.2 Å². The summed E-state index contributed by atoms with van der Waals surface area (Å²) < 4.78 is 8.85. The Balaban J connectivity index is 1.28. The predicted molar refractivity (Wildman–Crippen MR) is 172 cm³/mol. The summed E-state index contributed by atoms with van der Waals surface area (Å²) in [5.41, 5.74) is 4.25. The minimum Gasteiger partial charge on any atom is -0.457 e. The molecule has 5 aromatic rings. The number of anilines is 2. The lowest BCUT2D eigenvalue weighted by molar-refractivity contribution is 0.251. The highest BCUT2D eigenvalue weighted by Gasteiger charge is 2.21. The van der Waals surface area contributed by atoms with Crippen molar-refractivity contribution in [2.24, 2.45) is 0 Å². The van der Waals surface area contributed by atoms with E-state index >= 15 is 0 Å². The molecule has 4 amide bonds. The maximum Gasteiger partial charge on any atom is 0.321 e. The minimum atomic E-state index is -0.359. The van der Waals surface area contributed by atoms with Gasteiger partial charge in [0.15, 0.2) is 5.13 Å². The molecule has 0 fully saturated rings. The van der Waals surface area contributed by atoms with Gasteiger partial charge in [0.1, 0.15) is 17.3 Å². The molecule has 4 N–H and O–H groups in total. The van der Waals surface area contributed by atoms with Crippen LogP contribution in [0.5, 0.6) is 11.5 Å². The number of carbonyl (C=O) groups excluding carboxylic acids is 2. The summed E-state index contributed by atoms with van der Waals surface area (Å²) >= 11 is 1.36. The van der Waals surface area contributed by atoms with Gasteiger partial charge in [-0.05, 0) is 44.2 Å². The number of aromatic nitrogens is 3. The van der Waals surface area contributed by atoms with E-state index in [0.29, 0.717) is 29.0 Å². The van der Waals surface area contributed by atoms with E-state index in [9.17, 15) is 9.59 Å². The molecule has 10 nitrogen and oxygen atoms in total. The number of rotatable bonds is 8. The highest BCUT2D eigenvalue weighted by Crippen LogP contribution is 2.32. The first-order valence-electron chi connectivity index (χ1n) is 14.0. The maximum atomic E-state index is 13.1. The van der Waals surface area contributed by atoms with Gasteiger partial charge < -0.3 is 15.4 Å². The van der Waals surface area contributed by atoms with Crippen molar-refractivity contribution < 1.29 is 14.3 Å². The van der Waals surface area contributed by atoms with E-state index in [-0.39, 0.29) is 24.0 Å². The zero-order valence-corrected chi connectivity index (χ0v) is 25.6. The molecule has 0 saturated heterocycles. The zero-order chi connectivity index (χ0) is 30.6. The quantitative estimate of drug-likeness (QED) is 0.149. The molecule has 5 rings (SSSR count). The van der Waals surface area contributed by atoms with Crippen molar-refractivity contribution in [3.63, 3.8) is 0 Å². The van der Waals surface area contributed by atoms with Crippen LogP contribution >= 0.6 is 11.3 Å². The van der Waals surface area contributed by atoms with Crippen LogP contribution in [0.2, 0.25) is 0 Å². The number of fused-ring (bicyclic) bond motifs is 1. The SMILES string of the molecule is CCNC(=O)Nc1nc2ccc(Oc3ccccc3CNC(=O)Nc3cc(C(C)(C)C)nn3-c3ccc(C)cc3)cc2s1. The van der Waals surface area contributed by atoms with Crippen LogP contribution in [0.3, 0.4) is 0 Å². The lowest BCUT2D eigenvalue weighted by Crippen LogP contribution is -2.29. The molecule has 3 aromatic carbocycles. The Kier molecular flexibility index (Phi) is 8.63. The van der Waals surface area contributed by atoms with E-state index in [0.717, 1.165) is 32.7 Å². The summed E-state index contributed by atoms with van der Waals surface area (Å²) in [4.78, 5) is 29.4. The van der Waals surface area contributed by atoms with Gasteiger partial charge in [-0.15, -0.1) is 0 Å². The molecular weight excluding hydrogens is 562 g/mol. The van der Waals surface area contributed by atoms with Crippen molar-refractivity contribution in [1.82, 2.24) is 25.4 Å². The summed E-state index contributed by atoms with van der Waals surface area (Å²) in [5.74, 6) is 1.82. The van der Waals surface area contributed by atoms with Gasteiger partial charge in [0.05, 0.1) is 21.6 Å². The minimum absolute atomic E-state index is 0.191. The third kappa shape index (κ3) is 7.31. The molecule has 0 unspecified atom stereocenters. The Labute approximate surface area is 254 Å². The van der Waals surface area contributed by atoms with E-state index in [2.05, 4.69) is 47.0 Å². The summed E-state index contributed by atoms with van der Waals surface area (Å²) in [6.07, 6.45) is 0. The number of ether oxygens (including phenoxy) is 1. The highest BCUT2D eigenvalue weighted by atomic mass is 32.1. The molecule has 11 heteroatoms. The number of amides is 4. The summed E-state index contributed by atoms with van der Waals surface area (Å²) in [7, 11) is 0. The standard InChI is InChI=1S/C32H35N7O3S/c1-6-33-29(40)37-31-35-24-16-15-23(17-26(24)43-31)42-25-10-8-7-9-21(25)19-34-30(41)36-28-18-27(32(3,4)5)38-39(28)22-13-11-20(2)12-14-22/h7-18H,6,19H2,1-5H3,(H2,34,36,41)(H2,33,35,37,40). The molecule has 0 aliphatic heterocycles. The monoisotopic (exact) mass is 597 g/mol. The molecule has 0 spiro atoms. The van der Waals surface area contributed by atoms with E-state index < -0.39 is 0 Å². The molecule has 0 bridgehead atoms. The third-order valence-electron chi connectivity index (χ3n) is 6.56. The summed E-state index contributed by atoms with van der Waals surface area (Å²) in [5, 5.41) is 16.6. The largest absolute Gasteiger partial charge is 0.457 e. The lowest BCUT2D eigenvalue weighted by Gasteiger charge is -2.14. The smallest absolute Gasteiger partial charge is 0.321 e. The van der Waals surface area contributed by atoms with Crippen LogP contribution in [-0.4, -0.2) is 33.4 Å². The van der Waals surface area contributed by atoms with Crippen LogP contribution in [0.15, 0.2) is 72.8 Å². The van der Waals surface area contributed by atoms with Gasteiger partial charge in [-0.25, -0.2) is 19.3 Å². The lowest BCUT2D eigenvalue weighted by atomic mass is 9.92. The average Bonchev–Trinajstić information content (AvgIpc) is 3.56. The first-order chi connectivity index (χ1) is 20.6. The van der Waals surface area contributed by atoms with Gasteiger partial charge in [0.2, 0.25) is 0 Å². The van der Waals surface area contributed by atoms with Crippen LogP contribution in [0.1, 0.15) is 44.5 Å². The summed E-state index contributed by atoms with van der Waals surface area (Å²) in [6.45, 7) is 10.9. The molecule has 0 aliphatic rings. The Morgan fingerprint density at radius 1 is 0.930 bits per heavy atom. The second-order valence-corrected chi connectivity index (χ2v) is 12.1. The number of benzene rings is 3. The van der Waals surface area contributed by atoms with Gasteiger partial charge in [-0.3, -0.25) is 10.6 Å². The van der Waals surface area contributed by atoms with Crippen molar-refractivity contribution in [3.05, 3.63) is 89.6 Å². The topological polar surface area (TPSA) is 122 Å². The highest BCUT2D eigenvalue weighted by molar-refractivity contribution is 7.22. The number of urea groups is 2. The molecule has 0 radical (unpaired) electrons. The number of nitrogens with one attached hydrogen (secondary N) is 4. The van der Waals surface area contributed by atoms with E-state index in [1.54, 1.807) is 4.68 Å². The number of hydrogen-bond acceptors (Lipinski definition) is 6. The number of thiazole rings is 1. The van der Waals surface area contributed by atoms with E-state index in [1.807, 2.05) is 86.6 Å². The van der Waals surface area contributed by atoms with Gasteiger partial charge in [0, 0.05) is 36.2 Å². The fourth-order valence-corrected chi connectivity index (χ4v) is 5.14. The molecular formula is C32H35N7O3S. The number of hydrogen-bond donors (Lipinski definition) is 4. The van der Waals surface area contributed by atoms with Crippen LogP contribution in [0.4, 0.5) is 20.5 Å². The van der Waals surface area contributed by atoms with Gasteiger partial charge in [0.25, 0.3) is 0 Å². The Morgan fingerprint density at radius 3 is 2.42 bits per heavy atom. The van der Waals surface area contributed by atoms with Crippen LogP contribution in [0, 0.1) is 6.92 Å². The fraction of sp³-hybridized carbons (Fsp3) is 0.250. The van der Waals surface area contributed by atoms with Crippen molar-refractivity contribution in [2.45, 2.75) is 46.6 Å². The zero-order valence-electron chi connectivity index (χ0n) is 24.8. The molecule has 2 aromatic heterocycles. The van der Waals surface area contributed by atoms with Crippen LogP contribution < -0.4 is 26.0 Å². The average molecular weight is 598 g/mol. The first kappa shape index (κ1) is 29.6. The van der Waals surface area contributed by atoms with Crippen LogP contribution in [-0.2, 0) is 12.0 Å². The predicted octanol–water partition coefficient (Wildman–Crippen LogP) is 7.34. The van der Waals surface area contributed by atoms with Gasteiger partial charge >= 0.3 is 12.1 Å². The third-order valence-corrected chi connectivity index (χ3v) is 7.49.